The molecule has 1 N–H and O–H groups in total. The lowest BCUT2D eigenvalue weighted by atomic mass is 10.2. The number of anilines is 1. The molecule has 1 aliphatic rings. The van der Waals surface area contributed by atoms with Gasteiger partial charge in [0.15, 0.2) is 5.50 Å². The third-order valence-corrected chi connectivity index (χ3v) is 4.01. The van der Waals surface area contributed by atoms with E-state index >= 15 is 0 Å². The predicted molar refractivity (Wildman–Crippen MR) is 79.2 cm³/mol. The summed E-state index contributed by atoms with van der Waals surface area (Å²) in [6.07, 6.45) is -5.02. The van der Waals surface area contributed by atoms with Crippen LogP contribution in [-0.4, -0.2) is 18.2 Å². The first-order valence-corrected chi connectivity index (χ1v) is 7.49. The minimum Gasteiger partial charge on any atom is -0.450 e. The zero-order valence-corrected chi connectivity index (χ0v) is 12.8. The molecule has 1 aromatic rings. The normalized spacial score (nSPS) is 18.1. The molecule has 1 heterocycles. The van der Waals surface area contributed by atoms with E-state index in [1.165, 1.54) is 17.8 Å². The summed E-state index contributed by atoms with van der Waals surface area (Å²) < 4.78 is 43.3. The molecule has 1 aliphatic heterocycles. The Morgan fingerprint density at radius 1 is 1.45 bits per heavy atom. The minimum atomic E-state index is -4.41. The van der Waals surface area contributed by atoms with Gasteiger partial charge in [0, 0.05) is 11.4 Å². The van der Waals surface area contributed by atoms with Crippen molar-refractivity contribution in [2.75, 3.05) is 11.5 Å². The Kier molecular flexibility index (Phi) is 4.90. The molecule has 1 aromatic carbocycles. The van der Waals surface area contributed by atoms with Crippen molar-refractivity contribution in [1.29, 1.82) is 0 Å². The predicted octanol–water partition coefficient (Wildman–Crippen LogP) is 4.15. The highest BCUT2D eigenvalue weighted by Crippen LogP contribution is 2.37. The van der Waals surface area contributed by atoms with Crippen LogP contribution in [0, 0.1) is 0 Å². The van der Waals surface area contributed by atoms with Crippen molar-refractivity contribution in [2.45, 2.75) is 25.5 Å². The van der Waals surface area contributed by atoms with E-state index < -0.39 is 23.3 Å². The number of nitrogens with zero attached hydrogens (tertiary/aromatic N) is 1. The number of hydrogen-bond donors (Lipinski definition) is 1. The number of carbonyl (C=O) groups excluding carboxylic acids is 1. The third-order valence-electron chi connectivity index (χ3n) is 2.95. The number of amides is 1. The second-order valence-corrected chi connectivity index (χ2v) is 5.48. The smallest absolute Gasteiger partial charge is 0.416 e. The van der Waals surface area contributed by atoms with Crippen molar-refractivity contribution in [2.24, 2.45) is 0 Å². The highest BCUT2D eigenvalue weighted by molar-refractivity contribution is 8.03. The molecule has 0 saturated carbocycles. The average Bonchev–Trinajstić information content (AvgIpc) is 2.79. The van der Waals surface area contributed by atoms with E-state index in [0.29, 0.717) is 5.69 Å². The number of hydrogen-bond acceptors (Lipinski definition) is 4. The standard InChI is InChI=1S/C14H15F3N2O2S/c1-3-21-13(20)18-12-19(9(2)8-22-12)11-6-4-5-10(7-11)14(15,16)17/h4-8,12H,3H2,1-2H3,(H,18,20). The highest BCUT2D eigenvalue weighted by Gasteiger charge is 2.33. The Hall–Kier alpha value is -1.83. The van der Waals surface area contributed by atoms with Gasteiger partial charge in [-0.3, -0.25) is 5.32 Å². The van der Waals surface area contributed by atoms with Gasteiger partial charge in [0.05, 0.1) is 12.2 Å². The van der Waals surface area contributed by atoms with Crippen LogP contribution in [0.25, 0.3) is 0 Å². The lowest BCUT2D eigenvalue weighted by Crippen LogP contribution is -2.43. The van der Waals surface area contributed by atoms with Crippen LogP contribution in [0.5, 0.6) is 0 Å². The first-order valence-electron chi connectivity index (χ1n) is 6.55. The number of halogens is 3. The van der Waals surface area contributed by atoms with E-state index in [1.54, 1.807) is 30.2 Å². The molecule has 4 nitrogen and oxygen atoms in total. The molecule has 2 rings (SSSR count). The molecular weight excluding hydrogens is 317 g/mol. The van der Waals surface area contributed by atoms with Crippen LogP contribution in [0.1, 0.15) is 19.4 Å². The summed E-state index contributed by atoms with van der Waals surface area (Å²) >= 11 is 1.29. The Labute approximate surface area is 130 Å². The number of alkyl halides is 3. The fourth-order valence-corrected chi connectivity index (χ4v) is 3.02. The first-order chi connectivity index (χ1) is 10.3. The average molecular weight is 332 g/mol. The molecule has 0 fully saturated rings. The van der Waals surface area contributed by atoms with Crippen molar-refractivity contribution in [3.8, 4) is 0 Å². The quantitative estimate of drug-likeness (QED) is 0.903. The summed E-state index contributed by atoms with van der Waals surface area (Å²) in [5.74, 6) is 0. The molecule has 0 spiro atoms. The maximum atomic E-state index is 12.8. The van der Waals surface area contributed by atoms with Crippen LogP contribution in [-0.2, 0) is 10.9 Å². The summed E-state index contributed by atoms with van der Waals surface area (Å²) in [6.45, 7) is 3.66. The van der Waals surface area contributed by atoms with Gasteiger partial charge in [0.1, 0.15) is 0 Å². The van der Waals surface area contributed by atoms with Crippen LogP contribution in [0.15, 0.2) is 35.4 Å². The van der Waals surface area contributed by atoms with E-state index in [2.05, 4.69) is 5.32 Å². The third kappa shape index (κ3) is 3.68. The Morgan fingerprint density at radius 3 is 2.82 bits per heavy atom. The van der Waals surface area contributed by atoms with Gasteiger partial charge in [-0.25, -0.2) is 4.79 Å². The Balaban J connectivity index is 2.24. The summed E-state index contributed by atoms with van der Waals surface area (Å²) in [7, 11) is 0. The molecule has 0 bridgehead atoms. The molecule has 8 heteroatoms. The maximum Gasteiger partial charge on any atom is 0.416 e. The van der Waals surface area contributed by atoms with Crippen LogP contribution >= 0.6 is 11.8 Å². The molecule has 1 unspecified atom stereocenters. The fraction of sp³-hybridized carbons (Fsp3) is 0.357. The monoisotopic (exact) mass is 332 g/mol. The van der Waals surface area contributed by atoms with Crippen molar-refractivity contribution in [3.63, 3.8) is 0 Å². The zero-order valence-electron chi connectivity index (χ0n) is 12.0. The number of thioether (sulfide) groups is 1. The lowest BCUT2D eigenvalue weighted by molar-refractivity contribution is -0.137. The van der Waals surface area contributed by atoms with Crippen LogP contribution in [0.3, 0.4) is 0 Å². The Morgan fingerprint density at radius 2 is 2.18 bits per heavy atom. The van der Waals surface area contributed by atoms with E-state index in [1.807, 2.05) is 0 Å². The highest BCUT2D eigenvalue weighted by atomic mass is 32.2. The second-order valence-electron chi connectivity index (χ2n) is 4.53. The topological polar surface area (TPSA) is 41.6 Å². The largest absolute Gasteiger partial charge is 0.450 e. The van der Waals surface area contributed by atoms with Gasteiger partial charge in [-0.15, -0.1) is 0 Å². The molecule has 0 saturated heterocycles. The molecule has 120 valence electrons. The number of ether oxygens (including phenoxy) is 1. The fourth-order valence-electron chi connectivity index (χ4n) is 2.01. The summed E-state index contributed by atoms with van der Waals surface area (Å²) in [4.78, 5) is 13.2. The van der Waals surface area contributed by atoms with Crippen molar-refractivity contribution < 1.29 is 22.7 Å². The number of carbonyl (C=O) groups is 1. The second kappa shape index (κ2) is 6.51. The van der Waals surface area contributed by atoms with E-state index in [0.717, 1.165) is 17.8 Å². The van der Waals surface area contributed by atoms with Gasteiger partial charge in [0.2, 0.25) is 0 Å². The lowest BCUT2D eigenvalue weighted by Gasteiger charge is -2.28. The summed E-state index contributed by atoms with van der Waals surface area (Å²) in [6, 6.07) is 4.98. The molecule has 0 aliphatic carbocycles. The molecule has 0 aromatic heterocycles. The van der Waals surface area contributed by atoms with Gasteiger partial charge >= 0.3 is 12.3 Å². The molecule has 22 heavy (non-hydrogen) atoms. The number of benzene rings is 1. The van der Waals surface area contributed by atoms with E-state index in [9.17, 15) is 18.0 Å². The zero-order chi connectivity index (χ0) is 16.3. The van der Waals surface area contributed by atoms with Crippen molar-refractivity contribution in [1.82, 2.24) is 5.32 Å². The molecule has 0 radical (unpaired) electrons. The number of nitrogens with one attached hydrogen (secondary N) is 1. The van der Waals surface area contributed by atoms with Gasteiger partial charge in [-0.1, -0.05) is 17.8 Å². The molecule has 1 atom stereocenters. The van der Waals surface area contributed by atoms with Gasteiger partial charge in [0.25, 0.3) is 0 Å². The van der Waals surface area contributed by atoms with Gasteiger partial charge in [-0.05, 0) is 37.5 Å². The number of rotatable bonds is 3. The number of alkyl carbamates (subject to hydrolysis) is 1. The van der Waals surface area contributed by atoms with Crippen LogP contribution < -0.4 is 10.2 Å². The SMILES string of the molecule is CCOC(=O)NC1SC=C(C)N1c1cccc(C(F)(F)F)c1. The summed E-state index contributed by atoms with van der Waals surface area (Å²) in [5.41, 5.74) is -0.173. The van der Waals surface area contributed by atoms with Crippen molar-refractivity contribution >= 4 is 23.5 Å². The molecular formula is C14H15F3N2O2S. The number of allylic oxidation sites excluding steroid dienone is 1. The van der Waals surface area contributed by atoms with Gasteiger partial charge in [-0.2, -0.15) is 13.2 Å². The summed E-state index contributed by atoms with van der Waals surface area (Å²) in [5, 5.41) is 4.39. The van der Waals surface area contributed by atoms with Gasteiger partial charge < -0.3 is 9.64 Å². The van der Waals surface area contributed by atoms with Crippen LogP contribution in [0.2, 0.25) is 0 Å². The van der Waals surface area contributed by atoms with E-state index in [-0.39, 0.29) is 6.61 Å². The van der Waals surface area contributed by atoms with Crippen molar-refractivity contribution in [3.05, 3.63) is 40.9 Å². The van der Waals surface area contributed by atoms with E-state index in [4.69, 9.17) is 4.74 Å². The minimum absolute atomic E-state index is 0.221. The molecule has 1 amide bonds. The maximum absolute atomic E-state index is 12.8. The Bertz CT molecular complexity index is 590. The van der Waals surface area contributed by atoms with Crippen LogP contribution in [0.4, 0.5) is 23.7 Å². The first kappa shape index (κ1) is 16.5.